The van der Waals surface area contributed by atoms with Crippen molar-refractivity contribution in [3.63, 3.8) is 0 Å². The van der Waals surface area contributed by atoms with E-state index in [-0.39, 0.29) is 79.3 Å². The van der Waals surface area contributed by atoms with Gasteiger partial charge in [-0.25, -0.2) is 19.3 Å². The summed E-state index contributed by atoms with van der Waals surface area (Å²) < 4.78 is 24.5. The molecule has 20 heteroatoms. The van der Waals surface area contributed by atoms with E-state index in [1.54, 1.807) is 0 Å². The number of esters is 4. The monoisotopic (exact) mass is 1240 g/mol. The predicted octanol–water partition coefficient (Wildman–Crippen LogP) is 13.6. The molecular formula is C65H80Cl4N8O8. The molecule has 0 unspecified atom stereocenters. The molecule has 0 aromatic heterocycles. The summed E-state index contributed by atoms with van der Waals surface area (Å²) in [4.78, 5) is 75.2. The summed E-state index contributed by atoms with van der Waals surface area (Å²) in [6.07, 6.45) is 11.1. The number of carbonyl (C=O) groups is 4. The number of hydrogen-bond acceptors (Lipinski definition) is 14. The molecule has 0 aromatic carbocycles. The van der Waals surface area contributed by atoms with Crippen molar-refractivity contribution in [3.8, 4) is 12.1 Å². The minimum absolute atomic E-state index is 0.251. The number of nitriles is 2. The molecule has 0 bridgehead atoms. The molecule has 4 aliphatic heterocycles. The molecule has 4 heterocycles. The normalized spacial score (nSPS) is 24.6. The Kier molecular flexibility index (Phi) is 20.4. The molecule has 8 aliphatic rings. The number of nitrogens with zero attached hydrogens (tertiary/aromatic N) is 8. The number of rotatable bonds is 16. The Labute approximate surface area is 522 Å². The summed E-state index contributed by atoms with van der Waals surface area (Å²) in [5.41, 5.74) is -0.889. The van der Waals surface area contributed by atoms with Crippen LogP contribution >= 0.6 is 46.4 Å². The Bertz CT molecular complexity index is 2760. The molecule has 4 aliphatic carbocycles. The zero-order chi connectivity index (χ0) is 61.8. The third kappa shape index (κ3) is 14.9. The third-order valence-electron chi connectivity index (χ3n) is 17.7. The van der Waals surface area contributed by atoms with E-state index in [2.05, 4.69) is 29.3 Å². The van der Waals surface area contributed by atoms with Crippen LogP contribution in [0.4, 0.5) is 0 Å². The molecule has 0 atom stereocenters. The Morgan fingerprint density at radius 2 is 0.647 bits per heavy atom. The van der Waals surface area contributed by atoms with Crippen LogP contribution in [0.15, 0.2) is 87.8 Å². The average Bonchev–Trinajstić information content (AvgIpc) is 2.57. The first-order valence-electron chi connectivity index (χ1n) is 29.9. The number of allylic oxidation sites excluding steroid dienone is 12. The maximum atomic E-state index is 14.8. The van der Waals surface area contributed by atoms with E-state index in [1.807, 2.05) is 67.5 Å². The lowest BCUT2D eigenvalue weighted by Crippen LogP contribution is -2.44. The smallest absolute Gasteiger partial charge is 0.349 e. The van der Waals surface area contributed by atoms with E-state index in [0.717, 1.165) is 127 Å². The summed E-state index contributed by atoms with van der Waals surface area (Å²) in [5, 5.41) is 22.8. The Balaban J connectivity index is 1.24. The van der Waals surface area contributed by atoms with E-state index in [9.17, 15) is 29.7 Å². The first-order valence-corrected chi connectivity index (χ1v) is 31.4. The highest BCUT2D eigenvalue weighted by Crippen LogP contribution is 2.51. The van der Waals surface area contributed by atoms with Crippen LogP contribution in [0.3, 0.4) is 0 Å². The molecule has 0 N–H and O–H groups in total. The van der Waals surface area contributed by atoms with E-state index in [1.165, 1.54) is 0 Å². The molecular weight excluding hydrogens is 1160 g/mol. The van der Waals surface area contributed by atoms with Crippen molar-refractivity contribution in [1.82, 2.24) is 19.6 Å². The van der Waals surface area contributed by atoms with Crippen LogP contribution in [0.2, 0.25) is 0 Å². The standard InChI is InChI=1S/C65H80Cl4N8O8/c1-61(2)27-41(51(66)47(31-61)74-19-11-12-20-74)45(35-70)57(78)82-37-65(38-83-58(79)46(36-71)42-28-62(3,4)32-48(52(42)67)75-21-13-14-22-75,39-84-59(80)55(72-9)43-29-63(5,6)33-49(53(43)68)76-23-15-16-24-76)40-85-60(81)56(73-10)44-30-64(7,8)34-50(54(44)69)77-25-17-18-26-77/h11-34,37-40H2,1-8H3/b45-41+,46-42+,55-43-,56-44+. The lowest BCUT2D eigenvalue weighted by molar-refractivity contribution is -0.165. The van der Waals surface area contributed by atoms with Gasteiger partial charge in [0.15, 0.2) is 0 Å². The molecule has 0 saturated carbocycles. The maximum absolute atomic E-state index is 14.8. The number of hydrogen-bond donors (Lipinski definition) is 0. The second-order valence-electron chi connectivity index (χ2n) is 27.5. The molecule has 4 fully saturated rings. The largest absolute Gasteiger partial charge is 0.470 e. The fourth-order valence-corrected chi connectivity index (χ4v) is 14.7. The fraction of sp³-hybridized carbons (Fsp3) is 0.631. The van der Waals surface area contributed by atoms with E-state index >= 15 is 0 Å². The van der Waals surface area contributed by atoms with Crippen LogP contribution in [-0.2, 0) is 38.1 Å². The van der Waals surface area contributed by atoms with Gasteiger partial charge < -0.3 is 38.5 Å². The summed E-state index contributed by atoms with van der Waals surface area (Å²) in [5.74, 6) is -4.45. The van der Waals surface area contributed by atoms with Crippen molar-refractivity contribution >= 4 is 70.3 Å². The molecule has 16 nitrogen and oxygen atoms in total. The molecule has 456 valence electrons. The van der Waals surface area contributed by atoms with Crippen LogP contribution in [0, 0.1) is 62.9 Å². The highest BCUT2D eigenvalue weighted by atomic mass is 35.5. The van der Waals surface area contributed by atoms with Gasteiger partial charge in [0.2, 0.25) is 0 Å². The Morgan fingerprint density at radius 1 is 0.424 bits per heavy atom. The first-order chi connectivity index (χ1) is 40.2. The summed E-state index contributed by atoms with van der Waals surface area (Å²) in [7, 11) is 0. The lowest BCUT2D eigenvalue weighted by atomic mass is 9.75. The van der Waals surface area contributed by atoms with Crippen molar-refractivity contribution in [1.29, 1.82) is 10.5 Å². The minimum atomic E-state index is -2.07. The summed E-state index contributed by atoms with van der Waals surface area (Å²) in [6, 6.07) is 4.10. The molecule has 0 radical (unpaired) electrons. The molecule has 85 heavy (non-hydrogen) atoms. The van der Waals surface area contributed by atoms with Gasteiger partial charge in [-0.3, -0.25) is 9.59 Å². The van der Waals surface area contributed by atoms with Gasteiger partial charge in [0.1, 0.15) is 55.1 Å². The minimum Gasteiger partial charge on any atom is -0.470 e. The summed E-state index contributed by atoms with van der Waals surface area (Å²) >= 11 is 28.7. The molecule has 4 saturated heterocycles. The van der Waals surface area contributed by atoms with Crippen molar-refractivity contribution in [2.75, 3.05) is 78.8 Å². The van der Waals surface area contributed by atoms with Crippen LogP contribution < -0.4 is 0 Å². The van der Waals surface area contributed by atoms with Crippen molar-refractivity contribution in [3.05, 3.63) is 111 Å². The van der Waals surface area contributed by atoms with Gasteiger partial charge >= 0.3 is 23.9 Å². The van der Waals surface area contributed by atoms with Crippen molar-refractivity contribution in [2.24, 2.45) is 27.1 Å². The highest BCUT2D eigenvalue weighted by molar-refractivity contribution is 6.34. The summed E-state index contributed by atoms with van der Waals surface area (Å²) in [6.45, 7) is 35.8. The molecule has 0 spiro atoms. The van der Waals surface area contributed by atoms with E-state index in [0.29, 0.717) is 25.7 Å². The topological polar surface area (TPSA) is 174 Å². The zero-order valence-electron chi connectivity index (χ0n) is 50.7. The Hall–Kier alpha value is -5.88. The predicted molar refractivity (Wildman–Crippen MR) is 326 cm³/mol. The first kappa shape index (κ1) is 65.1. The molecule has 0 aromatic rings. The number of likely N-dealkylation sites (tertiary alicyclic amines) is 4. The SMILES string of the molecule is [C-]#[N+]/C(C(=O)OCC(COC(=O)/C(C#N)=C1\CC(C)(C)CC(N2CCCC2)=C1Cl)(COC(=O)/C(C#N)=C1\CC(C)(C)CC(N2CCCC2)=C1Cl)COC(=O)/C([N+]#[C-])=C1/CC(C)(C)CC(N2CCCC2)=C1Cl)=C1/CC(C)(C)CC(N2CCCC2)=C1Cl. The van der Waals surface area contributed by atoms with Gasteiger partial charge in [0.25, 0.3) is 11.4 Å². The second kappa shape index (κ2) is 26.6. The molecule has 0 amide bonds. The zero-order valence-corrected chi connectivity index (χ0v) is 53.7. The van der Waals surface area contributed by atoms with Gasteiger partial charge in [-0.05, 0) is 147 Å². The van der Waals surface area contributed by atoms with Gasteiger partial charge in [-0.2, -0.15) is 10.5 Å². The fourth-order valence-electron chi connectivity index (χ4n) is 13.4. The van der Waals surface area contributed by atoms with Crippen LogP contribution in [0.5, 0.6) is 0 Å². The molecule has 8 rings (SSSR count). The van der Waals surface area contributed by atoms with Gasteiger partial charge in [0.05, 0.1) is 33.3 Å². The maximum Gasteiger partial charge on any atom is 0.349 e. The number of halogens is 4. The van der Waals surface area contributed by atoms with Crippen LogP contribution in [0.1, 0.15) is 158 Å². The van der Waals surface area contributed by atoms with Crippen LogP contribution in [-0.4, -0.2) is 122 Å². The van der Waals surface area contributed by atoms with Crippen LogP contribution in [0.25, 0.3) is 9.69 Å². The third-order valence-corrected chi connectivity index (χ3v) is 19.5. The van der Waals surface area contributed by atoms with E-state index < -0.39 is 88.8 Å². The van der Waals surface area contributed by atoms with Gasteiger partial charge in [-0.1, -0.05) is 102 Å². The second-order valence-corrected chi connectivity index (χ2v) is 29.0. The highest BCUT2D eigenvalue weighted by Gasteiger charge is 2.45. The van der Waals surface area contributed by atoms with Gasteiger partial charge in [-0.15, -0.1) is 0 Å². The lowest BCUT2D eigenvalue weighted by Gasteiger charge is -2.38. The van der Waals surface area contributed by atoms with E-state index in [4.69, 9.17) is 78.5 Å². The van der Waals surface area contributed by atoms with Crippen molar-refractivity contribution in [2.45, 2.75) is 158 Å². The average molecular weight is 1240 g/mol. The van der Waals surface area contributed by atoms with Crippen molar-refractivity contribution < 1.29 is 38.1 Å². The quantitative estimate of drug-likeness (QED) is 0.0469. The number of carbonyl (C=O) groups excluding carboxylic acids is 4. The number of ether oxygens (including phenoxy) is 4. The van der Waals surface area contributed by atoms with Gasteiger partial charge in [0, 0.05) is 75.1 Å². The Morgan fingerprint density at radius 3 is 0.882 bits per heavy atom.